The molecule has 0 aliphatic carbocycles. The predicted molar refractivity (Wildman–Crippen MR) is 110 cm³/mol. The van der Waals surface area contributed by atoms with Crippen LogP contribution in [-0.2, 0) is 0 Å². The van der Waals surface area contributed by atoms with Crippen LogP contribution in [0.3, 0.4) is 0 Å². The number of nitrogens with zero attached hydrogens (tertiary/aromatic N) is 1. The molecule has 0 bridgehead atoms. The summed E-state index contributed by atoms with van der Waals surface area (Å²) in [6.45, 7) is 1.46. The third kappa shape index (κ3) is 3.76. The highest BCUT2D eigenvalue weighted by atomic mass is 16.5. The first kappa shape index (κ1) is 18.9. The summed E-state index contributed by atoms with van der Waals surface area (Å²) in [6.07, 6.45) is 2.04. The van der Waals surface area contributed by atoms with Crippen LogP contribution in [-0.4, -0.2) is 39.3 Å². The smallest absolute Gasteiger partial charge is 0.343 e. The lowest BCUT2D eigenvalue weighted by molar-refractivity contribution is 0.0940. The van der Waals surface area contributed by atoms with Crippen molar-refractivity contribution in [2.75, 3.05) is 32.2 Å². The van der Waals surface area contributed by atoms with Gasteiger partial charge in [-0.15, -0.1) is 0 Å². The Hall–Kier alpha value is -3.48. The summed E-state index contributed by atoms with van der Waals surface area (Å²) in [5.41, 5.74) is 0.895. The number of hydrogen-bond donors (Lipinski definition) is 1. The first-order chi connectivity index (χ1) is 14.1. The van der Waals surface area contributed by atoms with Crippen LogP contribution >= 0.6 is 0 Å². The molecule has 2 aromatic carbocycles. The van der Waals surface area contributed by atoms with Crippen molar-refractivity contribution in [1.82, 2.24) is 5.32 Å². The van der Waals surface area contributed by atoms with Crippen LogP contribution in [0.5, 0.6) is 11.5 Å². The van der Waals surface area contributed by atoms with Crippen molar-refractivity contribution in [3.8, 4) is 11.5 Å². The summed E-state index contributed by atoms with van der Waals surface area (Å²) in [6, 6.07) is 12.7. The summed E-state index contributed by atoms with van der Waals surface area (Å²) in [7, 11) is 3.24. The molecule has 1 atom stereocenters. The number of carbonyl (C=O) groups is 1. The van der Waals surface area contributed by atoms with Crippen molar-refractivity contribution >= 4 is 22.4 Å². The van der Waals surface area contributed by atoms with Gasteiger partial charge in [-0.1, -0.05) is 18.2 Å². The van der Waals surface area contributed by atoms with E-state index in [0.717, 1.165) is 30.2 Å². The molecule has 2 heterocycles. The van der Waals surface area contributed by atoms with Crippen molar-refractivity contribution in [2.24, 2.45) is 0 Å². The van der Waals surface area contributed by atoms with Crippen LogP contribution in [0.25, 0.3) is 10.8 Å². The fourth-order valence-corrected chi connectivity index (χ4v) is 3.66. The Morgan fingerprint density at radius 3 is 2.48 bits per heavy atom. The van der Waals surface area contributed by atoms with Crippen molar-refractivity contribution in [3.05, 3.63) is 64.7 Å². The van der Waals surface area contributed by atoms with Crippen LogP contribution in [0.1, 0.15) is 16.8 Å². The monoisotopic (exact) mass is 394 g/mol. The lowest BCUT2D eigenvalue weighted by Gasteiger charge is -2.20. The van der Waals surface area contributed by atoms with Gasteiger partial charge in [0.2, 0.25) is 0 Å². The quantitative estimate of drug-likeness (QED) is 0.717. The molecule has 0 saturated carbocycles. The van der Waals surface area contributed by atoms with E-state index in [-0.39, 0.29) is 11.9 Å². The molecule has 1 fully saturated rings. The number of hydrogen-bond acceptors (Lipinski definition) is 6. The normalized spacial score (nSPS) is 16.1. The minimum atomic E-state index is -0.448. The zero-order valence-corrected chi connectivity index (χ0v) is 16.3. The van der Waals surface area contributed by atoms with E-state index in [0.29, 0.717) is 22.9 Å². The zero-order chi connectivity index (χ0) is 20.4. The molecule has 150 valence electrons. The average Bonchev–Trinajstić information content (AvgIpc) is 3.22. The molecule has 1 amide bonds. The van der Waals surface area contributed by atoms with Gasteiger partial charge in [0.15, 0.2) is 0 Å². The van der Waals surface area contributed by atoms with Crippen LogP contribution in [0.2, 0.25) is 0 Å². The lowest BCUT2D eigenvalue weighted by atomic mass is 10.1. The van der Waals surface area contributed by atoms with Crippen molar-refractivity contribution in [2.45, 2.75) is 12.5 Å². The zero-order valence-electron chi connectivity index (χ0n) is 16.3. The highest BCUT2D eigenvalue weighted by Gasteiger charge is 2.26. The molecule has 0 radical (unpaired) electrons. The van der Waals surface area contributed by atoms with E-state index >= 15 is 0 Å². The van der Waals surface area contributed by atoms with E-state index in [1.807, 2.05) is 18.2 Å². The van der Waals surface area contributed by atoms with E-state index in [1.165, 1.54) is 6.26 Å². The molecule has 3 aromatic rings. The van der Waals surface area contributed by atoms with Crippen molar-refractivity contribution in [1.29, 1.82) is 0 Å². The van der Waals surface area contributed by atoms with Gasteiger partial charge in [-0.2, -0.15) is 0 Å². The number of rotatable bonds is 5. The van der Waals surface area contributed by atoms with E-state index in [1.54, 1.807) is 38.5 Å². The maximum Gasteiger partial charge on any atom is 0.343 e. The maximum atomic E-state index is 12.8. The van der Waals surface area contributed by atoms with Crippen LogP contribution in [0.15, 0.2) is 57.9 Å². The highest BCUT2D eigenvalue weighted by Crippen LogP contribution is 2.30. The molecule has 0 spiro atoms. The highest BCUT2D eigenvalue weighted by molar-refractivity contribution is 6.06. The molecular formula is C22H22N2O5. The van der Waals surface area contributed by atoms with Crippen LogP contribution < -0.4 is 25.3 Å². The van der Waals surface area contributed by atoms with Crippen molar-refractivity contribution < 1.29 is 18.7 Å². The third-order valence-electron chi connectivity index (χ3n) is 5.19. The molecule has 1 aliphatic heterocycles. The third-order valence-corrected chi connectivity index (χ3v) is 5.19. The first-order valence-corrected chi connectivity index (χ1v) is 9.38. The van der Waals surface area contributed by atoms with Gasteiger partial charge in [-0.25, -0.2) is 4.79 Å². The van der Waals surface area contributed by atoms with E-state index in [9.17, 15) is 9.59 Å². The minimum Gasteiger partial charge on any atom is -0.497 e. The number of benzene rings is 2. The fourth-order valence-electron chi connectivity index (χ4n) is 3.66. The molecule has 4 rings (SSSR count). The number of nitrogens with one attached hydrogen (secondary N) is 1. The van der Waals surface area contributed by atoms with Gasteiger partial charge < -0.3 is 24.1 Å². The predicted octanol–water partition coefficient (Wildman–Crippen LogP) is 2.82. The average molecular weight is 394 g/mol. The Morgan fingerprint density at radius 1 is 1.10 bits per heavy atom. The molecule has 1 aliphatic rings. The van der Waals surface area contributed by atoms with Crippen molar-refractivity contribution in [3.63, 3.8) is 0 Å². The molecule has 7 nitrogen and oxygen atoms in total. The number of methoxy groups -OCH3 is 2. The number of fused-ring (bicyclic) bond motifs is 1. The first-order valence-electron chi connectivity index (χ1n) is 9.38. The van der Waals surface area contributed by atoms with Crippen LogP contribution in [0, 0.1) is 0 Å². The van der Waals surface area contributed by atoms with Gasteiger partial charge in [-0.05, 0) is 12.5 Å². The van der Waals surface area contributed by atoms with Gasteiger partial charge in [0, 0.05) is 48.4 Å². The second-order valence-electron chi connectivity index (χ2n) is 6.96. The SMILES string of the molecule is COc1cc(OC)cc(N2CCC(NC(=O)c3coc(=O)c4ccccc34)C2)c1. The number of carbonyl (C=O) groups excluding carboxylic acids is 1. The largest absolute Gasteiger partial charge is 0.497 e. The Kier molecular flexibility index (Phi) is 5.12. The van der Waals surface area contributed by atoms with E-state index in [2.05, 4.69) is 10.2 Å². The summed E-state index contributed by atoms with van der Waals surface area (Å²) in [4.78, 5) is 26.9. The minimum absolute atomic E-state index is 0.0228. The molecule has 7 heteroatoms. The summed E-state index contributed by atoms with van der Waals surface area (Å²) < 4.78 is 15.7. The van der Waals surface area contributed by atoms with E-state index in [4.69, 9.17) is 13.9 Å². The second-order valence-corrected chi connectivity index (χ2v) is 6.96. The lowest BCUT2D eigenvalue weighted by Crippen LogP contribution is -2.37. The van der Waals surface area contributed by atoms with Gasteiger partial charge in [-0.3, -0.25) is 4.79 Å². The maximum absolute atomic E-state index is 12.8. The standard InChI is InChI=1S/C22H22N2O5/c1-27-16-9-15(10-17(11-16)28-2)24-8-7-14(12-24)23-21(25)20-13-29-22(26)19-6-4-3-5-18(19)20/h3-6,9-11,13-14H,7-8,12H2,1-2H3,(H,23,25). The van der Waals surface area contributed by atoms with Gasteiger partial charge in [0.1, 0.15) is 17.8 Å². The Morgan fingerprint density at radius 2 is 1.79 bits per heavy atom. The Bertz CT molecular complexity index is 1090. The molecule has 1 saturated heterocycles. The molecule has 1 N–H and O–H groups in total. The second kappa shape index (κ2) is 7.87. The molecule has 1 unspecified atom stereocenters. The summed E-state index contributed by atoms with van der Waals surface area (Å²) in [5.74, 6) is 1.19. The fraction of sp³-hybridized carbons (Fsp3) is 0.273. The number of anilines is 1. The van der Waals surface area contributed by atoms with Crippen LogP contribution in [0.4, 0.5) is 5.69 Å². The molecule has 1 aromatic heterocycles. The number of ether oxygens (including phenoxy) is 2. The molecular weight excluding hydrogens is 372 g/mol. The summed E-state index contributed by atoms with van der Waals surface area (Å²) >= 11 is 0. The summed E-state index contributed by atoms with van der Waals surface area (Å²) in [5, 5.41) is 4.05. The molecule has 29 heavy (non-hydrogen) atoms. The topological polar surface area (TPSA) is 81.0 Å². The van der Waals surface area contributed by atoms with Gasteiger partial charge >= 0.3 is 5.63 Å². The number of amides is 1. The van der Waals surface area contributed by atoms with Gasteiger partial charge in [0.05, 0.1) is 25.2 Å². The van der Waals surface area contributed by atoms with E-state index < -0.39 is 5.63 Å². The van der Waals surface area contributed by atoms with Gasteiger partial charge in [0.25, 0.3) is 5.91 Å². The Balaban J connectivity index is 1.51. The Labute approximate surface area is 167 Å².